The Morgan fingerprint density at radius 3 is 2.27 bits per heavy atom. The second-order valence-corrected chi connectivity index (χ2v) is 5.92. The van der Waals surface area contributed by atoms with Crippen LogP contribution in [-0.2, 0) is 0 Å². The number of hydrogen-bond acceptors (Lipinski definition) is 5. The second-order valence-electron chi connectivity index (χ2n) is 5.92. The molecule has 1 aromatic carbocycles. The molecule has 0 N–H and O–H groups in total. The zero-order chi connectivity index (χ0) is 14.8. The fourth-order valence-electron chi connectivity index (χ4n) is 3.23. The molecule has 1 unspecified atom stereocenters. The second kappa shape index (κ2) is 5.93. The summed E-state index contributed by atoms with van der Waals surface area (Å²) in [6.07, 6.45) is 2.71. The van der Waals surface area contributed by atoms with Gasteiger partial charge in [0.05, 0.1) is 0 Å². The van der Waals surface area contributed by atoms with Crippen molar-refractivity contribution in [1.29, 1.82) is 0 Å². The third-order valence-corrected chi connectivity index (χ3v) is 4.45. The van der Waals surface area contributed by atoms with Gasteiger partial charge in [0.25, 0.3) is 0 Å². The van der Waals surface area contributed by atoms with E-state index in [4.69, 9.17) is 9.47 Å². The number of piperidine rings is 3. The molecule has 3 saturated heterocycles. The van der Waals surface area contributed by atoms with Crippen LogP contribution in [0.25, 0.3) is 0 Å². The predicted octanol–water partition coefficient (Wildman–Crippen LogP) is 2.74. The number of fused-ring (bicyclic) bond motifs is 3. The Morgan fingerprint density at radius 2 is 1.64 bits per heavy atom. The SMILES string of the molecule is c1ccc(Oc2ccc(OC3CN4CCC3CC4)nn2)cc1. The third kappa shape index (κ3) is 2.90. The maximum Gasteiger partial charge on any atom is 0.239 e. The summed E-state index contributed by atoms with van der Waals surface area (Å²) in [7, 11) is 0. The topological polar surface area (TPSA) is 47.5 Å². The summed E-state index contributed by atoms with van der Waals surface area (Å²) in [5.74, 6) is 2.47. The largest absolute Gasteiger partial charge is 0.472 e. The standard InChI is InChI=1S/C17H19N3O2/c1-2-4-14(5-3-1)21-16-6-7-17(19-18-16)22-15-12-20-10-8-13(15)9-11-20/h1-7,13,15H,8-12H2. The van der Waals surface area contributed by atoms with E-state index in [1.54, 1.807) is 6.07 Å². The molecule has 0 amide bonds. The van der Waals surface area contributed by atoms with Gasteiger partial charge >= 0.3 is 0 Å². The maximum atomic E-state index is 6.02. The molecule has 5 nitrogen and oxygen atoms in total. The highest BCUT2D eigenvalue weighted by atomic mass is 16.5. The molecule has 1 aromatic heterocycles. The van der Waals surface area contributed by atoms with Crippen molar-refractivity contribution in [2.75, 3.05) is 19.6 Å². The van der Waals surface area contributed by atoms with Crippen LogP contribution in [-0.4, -0.2) is 40.8 Å². The average molecular weight is 297 g/mol. The molecule has 1 atom stereocenters. The first-order valence-electron chi connectivity index (χ1n) is 7.82. The summed E-state index contributed by atoms with van der Waals surface area (Å²) in [5.41, 5.74) is 0. The van der Waals surface area contributed by atoms with Crippen LogP contribution in [0.3, 0.4) is 0 Å². The molecule has 0 saturated carbocycles. The minimum absolute atomic E-state index is 0.248. The third-order valence-electron chi connectivity index (χ3n) is 4.45. The first kappa shape index (κ1) is 13.5. The van der Waals surface area contributed by atoms with Crippen molar-refractivity contribution < 1.29 is 9.47 Å². The molecule has 0 spiro atoms. The molecule has 22 heavy (non-hydrogen) atoms. The highest BCUT2D eigenvalue weighted by Gasteiger charge is 2.35. The zero-order valence-corrected chi connectivity index (χ0v) is 12.4. The Labute approximate surface area is 129 Å². The Balaban J connectivity index is 1.39. The molecule has 0 aliphatic carbocycles. The lowest BCUT2D eigenvalue weighted by Crippen LogP contribution is -2.52. The Morgan fingerprint density at radius 1 is 0.909 bits per heavy atom. The van der Waals surface area contributed by atoms with Crippen LogP contribution in [0.5, 0.6) is 17.5 Å². The molecule has 4 heterocycles. The molecular formula is C17H19N3O2. The van der Waals surface area contributed by atoms with Crippen molar-refractivity contribution in [3.8, 4) is 17.5 Å². The molecule has 3 aliphatic rings. The minimum atomic E-state index is 0.248. The van der Waals surface area contributed by atoms with E-state index in [9.17, 15) is 0 Å². The number of rotatable bonds is 4. The van der Waals surface area contributed by atoms with Crippen LogP contribution in [0.4, 0.5) is 0 Å². The molecule has 2 bridgehead atoms. The van der Waals surface area contributed by atoms with Gasteiger partial charge in [0, 0.05) is 18.7 Å². The highest BCUT2D eigenvalue weighted by Crippen LogP contribution is 2.30. The normalized spacial score (nSPS) is 26.6. The van der Waals surface area contributed by atoms with Gasteiger partial charge in [0.15, 0.2) is 0 Å². The monoisotopic (exact) mass is 297 g/mol. The van der Waals surface area contributed by atoms with Crippen molar-refractivity contribution in [3.05, 3.63) is 42.5 Å². The van der Waals surface area contributed by atoms with Crippen LogP contribution in [0, 0.1) is 5.92 Å². The minimum Gasteiger partial charge on any atom is -0.472 e. The van der Waals surface area contributed by atoms with Gasteiger partial charge in [-0.15, -0.1) is 10.2 Å². The molecule has 3 aliphatic heterocycles. The van der Waals surface area contributed by atoms with E-state index in [1.165, 1.54) is 25.9 Å². The van der Waals surface area contributed by atoms with Gasteiger partial charge in [-0.05, 0) is 44.0 Å². The predicted molar refractivity (Wildman–Crippen MR) is 82.1 cm³/mol. The summed E-state index contributed by atoms with van der Waals surface area (Å²) in [4.78, 5) is 2.46. The fourth-order valence-corrected chi connectivity index (χ4v) is 3.23. The Hall–Kier alpha value is -2.14. The smallest absolute Gasteiger partial charge is 0.239 e. The maximum absolute atomic E-state index is 6.02. The number of hydrogen-bond donors (Lipinski definition) is 0. The number of aromatic nitrogens is 2. The lowest BCUT2D eigenvalue weighted by atomic mass is 9.86. The molecule has 3 fully saturated rings. The van der Waals surface area contributed by atoms with E-state index in [1.807, 2.05) is 36.4 Å². The van der Waals surface area contributed by atoms with Gasteiger partial charge in [-0.25, -0.2) is 0 Å². The van der Waals surface area contributed by atoms with Crippen LogP contribution >= 0.6 is 0 Å². The number of para-hydroxylation sites is 1. The van der Waals surface area contributed by atoms with Gasteiger partial charge in [0.2, 0.25) is 11.8 Å². The molecule has 0 radical (unpaired) electrons. The van der Waals surface area contributed by atoms with Gasteiger partial charge in [-0.3, -0.25) is 4.90 Å². The summed E-state index contributed by atoms with van der Waals surface area (Å²) < 4.78 is 11.7. The number of nitrogens with zero attached hydrogens (tertiary/aromatic N) is 3. The molecular weight excluding hydrogens is 278 g/mol. The van der Waals surface area contributed by atoms with Gasteiger partial charge in [-0.1, -0.05) is 18.2 Å². The van der Waals surface area contributed by atoms with Crippen LogP contribution < -0.4 is 9.47 Å². The Kier molecular flexibility index (Phi) is 3.64. The van der Waals surface area contributed by atoms with Gasteiger partial charge in [-0.2, -0.15) is 0 Å². The van der Waals surface area contributed by atoms with Crippen LogP contribution in [0.2, 0.25) is 0 Å². The summed E-state index contributed by atoms with van der Waals surface area (Å²) in [6, 6.07) is 13.2. The van der Waals surface area contributed by atoms with Gasteiger partial charge < -0.3 is 9.47 Å². The van der Waals surface area contributed by atoms with Crippen molar-refractivity contribution in [2.24, 2.45) is 5.92 Å². The highest BCUT2D eigenvalue weighted by molar-refractivity contribution is 5.26. The van der Waals surface area contributed by atoms with Crippen molar-refractivity contribution >= 4 is 0 Å². The quantitative estimate of drug-likeness (QED) is 0.868. The first-order valence-corrected chi connectivity index (χ1v) is 7.82. The number of ether oxygens (including phenoxy) is 2. The molecule has 2 aromatic rings. The van der Waals surface area contributed by atoms with E-state index in [0.29, 0.717) is 17.7 Å². The van der Waals surface area contributed by atoms with Crippen molar-refractivity contribution in [3.63, 3.8) is 0 Å². The molecule has 5 heteroatoms. The van der Waals surface area contributed by atoms with E-state index in [-0.39, 0.29) is 6.10 Å². The van der Waals surface area contributed by atoms with Gasteiger partial charge in [0.1, 0.15) is 11.9 Å². The zero-order valence-electron chi connectivity index (χ0n) is 12.4. The van der Waals surface area contributed by atoms with E-state index in [2.05, 4.69) is 15.1 Å². The van der Waals surface area contributed by atoms with Crippen LogP contribution in [0.15, 0.2) is 42.5 Å². The first-order chi connectivity index (χ1) is 10.9. The van der Waals surface area contributed by atoms with E-state index < -0.39 is 0 Å². The lowest BCUT2D eigenvalue weighted by Gasteiger charge is -2.44. The Bertz CT molecular complexity index is 610. The molecule has 114 valence electrons. The van der Waals surface area contributed by atoms with E-state index in [0.717, 1.165) is 12.3 Å². The van der Waals surface area contributed by atoms with Crippen LogP contribution in [0.1, 0.15) is 12.8 Å². The van der Waals surface area contributed by atoms with Crippen molar-refractivity contribution in [2.45, 2.75) is 18.9 Å². The number of benzene rings is 1. The average Bonchev–Trinajstić information content (AvgIpc) is 2.59. The lowest BCUT2D eigenvalue weighted by molar-refractivity contribution is -0.0104. The fraction of sp³-hybridized carbons (Fsp3) is 0.412. The van der Waals surface area contributed by atoms with E-state index >= 15 is 0 Å². The van der Waals surface area contributed by atoms with Crippen molar-refractivity contribution in [1.82, 2.24) is 15.1 Å². The summed E-state index contributed by atoms with van der Waals surface area (Å²) in [6.45, 7) is 3.43. The summed E-state index contributed by atoms with van der Waals surface area (Å²) >= 11 is 0. The summed E-state index contributed by atoms with van der Waals surface area (Å²) in [5, 5.41) is 8.23. The molecule has 5 rings (SSSR count).